The van der Waals surface area contributed by atoms with E-state index in [0.29, 0.717) is 18.9 Å². The van der Waals surface area contributed by atoms with Gasteiger partial charge < -0.3 is 14.8 Å². The van der Waals surface area contributed by atoms with Crippen LogP contribution in [0.4, 0.5) is 4.79 Å². The molecule has 0 unspecified atom stereocenters. The molecule has 0 fully saturated rings. The fraction of sp³-hybridized carbons (Fsp3) is 0.130. The van der Waals surface area contributed by atoms with Gasteiger partial charge in [-0.15, -0.1) is 0 Å². The smallest absolute Gasteiger partial charge is 0.407 e. The lowest BCUT2D eigenvalue weighted by molar-refractivity contribution is 0.141. The number of hydrogen-bond donors (Lipinski definition) is 1. The summed E-state index contributed by atoms with van der Waals surface area (Å²) in [5.41, 5.74) is 2.94. The molecule has 28 heavy (non-hydrogen) atoms. The van der Waals surface area contributed by atoms with E-state index < -0.39 is 6.09 Å². The zero-order chi connectivity index (χ0) is 19.4. The second-order valence-corrected chi connectivity index (χ2v) is 6.07. The van der Waals surface area contributed by atoms with Crippen molar-refractivity contribution in [2.75, 3.05) is 6.54 Å². The number of hydrogen-bond acceptors (Lipinski definition) is 4. The van der Waals surface area contributed by atoms with Gasteiger partial charge in [0.15, 0.2) is 0 Å². The first-order valence-corrected chi connectivity index (χ1v) is 9.02. The molecule has 1 amide bonds. The molecule has 3 rings (SSSR count). The van der Waals surface area contributed by atoms with Crippen LogP contribution < -0.4 is 10.1 Å². The van der Waals surface area contributed by atoms with E-state index in [0.717, 1.165) is 16.7 Å². The average molecular weight is 374 g/mol. The second-order valence-electron chi connectivity index (χ2n) is 6.07. The maximum atomic E-state index is 11.7. The predicted molar refractivity (Wildman–Crippen MR) is 109 cm³/mol. The maximum Gasteiger partial charge on any atom is 0.407 e. The number of amides is 1. The first kappa shape index (κ1) is 19.2. The summed E-state index contributed by atoms with van der Waals surface area (Å²) < 4.78 is 10.9. The van der Waals surface area contributed by atoms with Crippen molar-refractivity contribution >= 4 is 12.2 Å². The largest absolute Gasteiger partial charge is 0.487 e. The summed E-state index contributed by atoms with van der Waals surface area (Å²) in [4.78, 5) is 15.9. The van der Waals surface area contributed by atoms with Crippen LogP contribution >= 0.6 is 0 Å². The standard InChI is InChI=1S/C23H22N2O3/c26-23(28-18-20-10-5-2-6-11-20)25-13-7-12-21-14-22(16-24-15-21)27-17-19-8-3-1-4-9-19/h1-12,14-16H,13,17-18H2,(H,25,26). The molecule has 0 aliphatic heterocycles. The van der Waals surface area contributed by atoms with Crippen LogP contribution in [-0.4, -0.2) is 17.6 Å². The van der Waals surface area contributed by atoms with Crippen molar-refractivity contribution in [3.8, 4) is 5.75 Å². The number of carbonyl (C=O) groups is 1. The zero-order valence-corrected chi connectivity index (χ0v) is 15.5. The van der Waals surface area contributed by atoms with Gasteiger partial charge in [-0.2, -0.15) is 0 Å². The number of benzene rings is 2. The van der Waals surface area contributed by atoms with Crippen molar-refractivity contribution in [2.45, 2.75) is 13.2 Å². The van der Waals surface area contributed by atoms with Crippen LogP contribution in [0.15, 0.2) is 85.2 Å². The van der Waals surface area contributed by atoms with Crippen LogP contribution in [-0.2, 0) is 18.0 Å². The maximum absolute atomic E-state index is 11.7. The third-order valence-electron chi connectivity index (χ3n) is 3.87. The zero-order valence-electron chi connectivity index (χ0n) is 15.5. The summed E-state index contributed by atoms with van der Waals surface area (Å²) in [5.74, 6) is 0.696. The third kappa shape index (κ3) is 6.61. The number of carbonyl (C=O) groups excluding carboxylic acids is 1. The molecular weight excluding hydrogens is 352 g/mol. The average Bonchev–Trinajstić information content (AvgIpc) is 2.76. The molecule has 0 saturated heterocycles. The van der Waals surface area contributed by atoms with Gasteiger partial charge in [-0.3, -0.25) is 4.98 Å². The monoisotopic (exact) mass is 374 g/mol. The topological polar surface area (TPSA) is 60.5 Å². The fourth-order valence-electron chi connectivity index (χ4n) is 2.46. The van der Waals surface area contributed by atoms with Gasteiger partial charge in [0.05, 0.1) is 6.20 Å². The van der Waals surface area contributed by atoms with Gasteiger partial charge in [-0.1, -0.05) is 72.8 Å². The van der Waals surface area contributed by atoms with E-state index in [9.17, 15) is 4.79 Å². The van der Waals surface area contributed by atoms with Crippen molar-refractivity contribution in [3.05, 3.63) is 102 Å². The molecule has 5 heteroatoms. The van der Waals surface area contributed by atoms with Crippen molar-refractivity contribution in [1.82, 2.24) is 10.3 Å². The van der Waals surface area contributed by atoms with E-state index in [1.807, 2.05) is 78.9 Å². The Hall–Kier alpha value is -3.60. The number of nitrogens with one attached hydrogen (secondary N) is 1. The molecule has 3 aromatic rings. The first-order valence-electron chi connectivity index (χ1n) is 9.02. The van der Waals surface area contributed by atoms with Crippen LogP contribution in [0.1, 0.15) is 16.7 Å². The van der Waals surface area contributed by atoms with E-state index in [-0.39, 0.29) is 6.61 Å². The van der Waals surface area contributed by atoms with Crippen LogP contribution in [0.2, 0.25) is 0 Å². The summed E-state index contributed by atoms with van der Waals surface area (Å²) >= 11 is 0. The van der Waals surface area contributed by atoms with Gasteiger partial charge in [-0.05, 0) is 22.8 Å². The summed E-state index contributed by atoms with van der Waals surface area (Å²) in [7, 11) is 0. The molecule has 1 N–H and O–H groups in total. The number of pyridine rings is 1. The molecule has 142 valence electrons. The first-order chi connectivity index (χ1) is 13.8. The molecule has 0 bridgehead atoms. The van der Waals surface area contributed by atoms with E-state index >= 15 is 0 Å². The molecule has 0 spiro atoms. The Kier molecular flexibility index (Phi) is 7.21. The highest BCUT2D eigenvalue weighted by Crippen LogP contribution is 2.14. The van der Waals surface area contributed by atoms with Gasteiger partial charge in [0, 0.05) is 12.7 Å². The van der Waals surface area contributed by atoms with Gasteiger partial charge in [0.25, 0.3) is 0 Å². The molecular formula is C23H22N2O3. The summed E-state index contributed by atoms with van der Waals surface area (Å²) in [5, 5.41) is 2.68. The highest BCUT2D eigenvalue weighted by molar-refractivity contribution is 5.67. The highest BCUT2D eigenvalue weighted by Gasteiger charge is 2.01. The second kappa shape index (κ2) is 10.5. The van der Waals surface area contributed by atoms with Gasteiger partial charge in [0.2, 0.25) is 0 Å². The lowest BCUT2D eigenvalue weighted by Gasteiger charge is -2.06. The van der Waals surface area contributed by atoms with Crippen molar-refractivity contribution < 1.29 is 14.3 Å². The molecule has 0 aliphatic rings. The molecule has 2 aromatic carbocycles. The number of alkyl carbamates (subject to hydrolysis) is 1. The number of rotatable bonds is 8. The molecule has 1 heterocycles. The Balaban J connectivity index is 1.41. The van der Waals surface area contributed by atoms with Crippen LogP contribution in [0.5, 0.6) is 5.75 Å². The van der Waals surface area contributed by atoms with Gasteiger partial charge in [0.1, 0.15) is 19.0 Å². The Morgan fingerprint density at radius 1 is 0.929 bits per heavy atom. The van der Waals surface area contributed by atoms with Gasteiger partial charge in [-0.25, -0.2) is 4.79 Å². The normalized spacial score (nSPS) is 10.6. The molecule has 0 radical (unpaired) electrons. The Morgan fingerprint density at radius 3 is 2.32 bits per heavy atom. The Labute approximate surface area is 164 Å². The summed E-state index contributed by atoms with van der Waals surface area (Å²) in [6.07, 6.45) is 6.67. The molecule has 0 saturated carbocycles. The van der Waals surface area contributed by atoms with Crippen LogP contribution in [0.3, 0.4) is 0 Å². The molecule has 0 aliphatic carbocycles. The minimum Gasteiger partial charge on any atom is -0.487 e. The number of aromatic nitrogens is 1. The quantitative estimate of drug-likeness (QED) is 0.626. The SMILES string of the molecule is O=C(NCC=Cc1cncc(OCc2ccccc2)c1)OCc1ccccc1. The van der Waals surface area contributed by atoms with Crippen molar-refractivity contribution in [2.24, 2.45) is 0 Å². The fourth-order valence-corrected chi connectivity index (χ4v) is 2.46. The van der Waals surface area contributed by atoms with Crippen molar-refractivity contribution in [3.63, 3.8) is 0 Å². The minimum absolute atomic E-state index is 0.251. The predicted octanol–water partition coefficient (Wildman–Crippen LogP) is 4.60. The highest BCUT2D eigenvalue weighted by atomic mass is 16.5. The van der Waals surface area contributed by atoms with Crippen LogP contribution in [0.25, 0.3) is 6.08 Å². The molecule has 0 atom stereocenters. The van der Waals surface area contributed by atoms with Crippen LogP contribution in [0, 0.1) is 0 Å². The third-order valence-corrected chi connectivity index (χ3v) is 3.87. The van der Waals surface area contributed by atoms with E-state index in [1.54, 1.807) is 12.4 Å². The van der Waals surface area contributed by atoms with E-state index in [2.05, 4.69) is 10.3 Å². The number of ether oxygens (including phenoxy) is 2. The lowest BCUT2D eigenvalue weighted by atomic mass is 10.2. The van der Waals surface area contributed by atoms with E-state index in [1.165, 1.54) is 0 Å². The summed E-state index contributed by atoms with van der Waals surface area (Å²) in [6, 6.07) is 21.4. The molecule has 5 nitrogen and oxygen atoms in total. The Bertz CT molecular complexity index is 896. The summed E-state index contributed by atoms with van der Waals surface area (Å²) in [6.45, 7) is 1.11. The van der Waals surface area contributed by atoms with E-state index in [4.69, 9.17) is 9.47 Å². The Morgan fingerprint density at radius 2 is 1.61 bits per heavy atom. The van der Waals surface area contributed by atoms with Gasteiger partial charge >= 0.3 is 6.09 Å². The van der Waals surface area contributed by atoms with Crippen molar-refractivity contribution in [1.29, 1.82) is 0 Å². The molecule has 1 aromatic heterocycles. The lowest BCUT2D eigenvalue weighted by Crippen LogP contribution is -2.24. The minimum atomic E-state index is -0.452. The number of nitrogens with zero attached hydrogens (tertiary/aromatic N) is 1.